The summed E-state index contributed by atoms with van der Waals surface area (Å²) >= 11 is 0. The van der Waals surface area contributed by atoms with E-state index >= 15 is 0 Å². The van der Waals surface area contributed by atoms with Crippen molar-refractivity contribution in [1.82, 2.24) is 20.4 Å². The van der Waals surface area contributed by atoms with Crippen LogP contribution < -0.4 is 10.6 Å². The highest BCUT2D eigenvalue weighted by molar-refractivity contribution is 5.79. The summed E-state index contributed by atoms with van der Waals surface area (Å²) in [6, 6.07) is 8.78. The normalized spacial score (nSPS) is 12.0. The van der Waals surface area contributed by atoms with Crippen LogP contribution in [0.5, 0.6) is 0 Å². The molecule has 0 amide bonds. The highest BCUT2D eigenvalue weighted by Gasteiger charge is 2.04. The molecule has 0 unspecified atom stereocenters. The second-order valence-corrected chi connectivity index (χ2v) is 6.78. The SMILES string of the molecule is CCN(CC)Cc1cccc(CNC(=NC)NCCN(C)CCCOC)c1. The van der Waals surface area contributed by atoms with Gasteiger partial charge in [0.05, 0.1) is 0 Å². The number of hydrogen-bond acceptors (Lipinski definition) is 4. The van der Waals surface area contributed by atoms with Gasteiger partial charge in [-0.3, -0.25) is 9.89 Å². The monoisotopic (exact) mass is 377 g/mol. The first kappa shape index (κ1) is 23.4. The van der Waals surface area contributed by atoms with E-state index < -0.39 is 0 Å². The van der Waals surface area contributed by atoms with E-state index in [0.29, 0.717) is 0 Å². The molecular formula is C21H39N5O. The van der Waals surface area contributed by atoms with Crippen LogP contribution in [0.4, 0.5) is 0 Å². The van der Waals surface area contributed by atoms with E-state index in [9.17, 15) is 0 Å². The fraction of sp³-hybridized carbons (Fsp3) is 0.667. The lowest BCUT2D eigenvalue weighted by atomic mass is 10.1. The Balaban J connectivity index is 2.37. The molecule has 0 atom stereocenters. The fourth-order valence-electron chi connectivity index (χ4n) is 2.91. The van der Waals surface area contributed by atoms with Crippen LogP contribution in [0, 0.1) is 0 Å². The van der Waals surface area contributed by atoms with Crippen LogP contribution in [0.15, 0.2) is 29.3 Å². The van der Waals surface area contributed by atoms with Crippen molar-refractivity contribution in [2.24, 2.45) is 4.99 Å². The minimum absolute atomic E-state index is 0.773. The van der Waals surface area contributed by atoms with Crippen molar-refractivity contribution in [3.05, 3.63) is 35.4 Å². The molecule has 0 aliphatic heterocycles. The number of hydrogen-bond donors (Lipinski definition) is 2. The Hall–Kier alpha value is -1.63. The summed E-state index contributed by atoms with van der Waals surface area (Å²) in [5.41, 5.74) is 2.64. The molecule has 0 aliphatic rings. The van der Waals surface area contributed by atoms with E-state index in [-0.39, 0.29) is 0 Å². The molecule has 154 valence electrons. The number of methoxy groups -OCH3 is 1. The molecule has 1 aromatic carbocycles. The predicted octanol–water partition coefficient (Wildman–Crippen LogP) is 2.16. The summed E-state index contributed by atoms with van der Waals surface area (Å²) < 4.78 is 5.09. The van der Waals surface area contributed by atoms with Gasteiger partial charge in [0, 0.05) is 53.5 Å². The average molecular weight is 378 g/mol. The van der Waals surface area contributed by atoms with E-state index in [1.165, 1.54) is 11.1 Å². The number of guanidine groups is 1. The lowest BCUT2D eigenvalue weighted by Gasteiger charge is -2.19. The van der Waals surface area contributed by atoms with Gasteiger partial charge < -0.3 is 20.3 Å². The van der Waals surface area contributed by atoms with Gasteiger partial charge in [-0.2, -0.15) is 0 Å². The number of aliphatic imine (C=N–C) groups is 1. The van der Waals surface area contributed by atoms with Crippen LogP contribution >= 0.6 is 0 Å². The molecule has 0 saturated carbocycles. The molecule has 6 heteroatoms. The van der Waals surface area contributed by atoms with Gasteiger partial charge in [-0.05, 0) is 37.7 Å². The summed E-state index contributed by atoms with van der Waals surface area (Å²) in [5.74, 6) is 0.842. The molecule has 0 fully saturated rings. The topological polar surface area (TPSA) is 52.1 Å². The van der Waals surface area contributed by atoms with E-state index in [1.807, 2.05) is 7.05 Å². The summed E-state index contributed by atoms with van der Waals surface area (Å²) in [6.45, 7) is 12.0. The van der Waals surface area contributed by atoms with Crippen molar-refractivity contribution < 1.29 is 4.74 Å². The molecule has 1 rings (SSSR count). The van der Waals surface area contributed by atoms with Crippen LogP contribution in [0.1, 0.15) is 31.4 Å². The molecular weight excluding hydrogens is 338 g/mol. The summed E-state index contributed by atoms with van der Waals surface area (Å²) in [4.78, 5) is 9.05. The second kappa shape index (κ2) is 14.4. The lowest BCUT2D eigenvalue weighted by Crippen LogP contribution is -2.40. The van der Waals surface area contributed by atoms with Gasteiger partial charge in [0.25, 0.3) is 0 Å². The number of ether oxygens (including phenoxy) is 1. The molecule has 6 nitrogen and oxygen atoms in total. The Morgan fingerprint density at radius 2 is 1.85 bits per heavy atom. The van der Waals surface area contributed by atoms with Gasteiger partial charge in [0.15, 0.2) is 5.96 Å². The Morgan fingerprint density at radius 1 is 1.11 bits per heavy atom. The van der Waals surface area contributed by atoms with Gasteiger partial charge in [-0.1, -0.05) is 38.1 Å². The minimum atomic E-state index is 0.773. The van der Waals surface area contributed by atoms with Crippen molar-refractivity contribution >= 4 is 5.96 Å². The van der Waals surface area contributed by atoms with Crippen molar-refractivity contribution in [2.45, 2.75) is 33.4 Å². The van der Waals surface area contributed by atoms with E-state index in [4.69, 9.17) is 4.74 Å². The Bertz CT molecular complexity index is 531. The number of likely N-dealkylation sites (N-methyl/N-ethyl adjacent to an activating group) is 1. The zero-order valence-electron chi connectivity index (χ0n) is 17.9. The van der Waals surface area contributed by atoms with Crippen LogP contribution in [-0.4, -0.2) is 76.3 Å². The van der Waals surface area contributed by atoms with Gasteiger partial charge in [0.1, 0.15) is 0 Å². The summed E-state index contributed by atoms with van der Waals surface area (Å²) in [7, 11) is 5.69. The Morgan fingerprint density at radius 3 is 2.52 bits per heavy atom. The second-order valence-electron chi connectivity index (χ2n) is 6.78. The largest absolute Gasteiger partial charge is 0.385 e. The van der Waals surface area contributed by atoms with Crippen LogP contribution in [0.2, 0.25) is 0 Å². The van der Waals surface area contributed by atoms with E-state index in [2.05, 4.69) is 70.6 Å². The molecule has 1 aromatic rings. The molecule has 0 radical (unpaired) electrons. The first-order valence-electron chi connectivity index (χ1n) is 10.0. The van der Waals surface area contributed by atoms with Gasteiger partial charge in [0.2, 0.25) is 0 Å². The maximum absolute atomic E-state index is 5.09. The van der Waals surface area contributed by atoms with E-state index in [0.717, 1.165) is 64.8 Å². The quantitative estimate of drug-likeness (QED) is 0.313. The maximum Gasteiger partial charge on any atom is 0.191 e. The zero-order valence-corrected chi connectivity index (χ0v) is 17.9. The predicted molar refractivity (Wildman–Crippen MR) is 115 cm³/mol. The Kier molecular flexibility index (Phi) is 12.5. The number of benzene rings is 1. The third-order valence-corrected chi connectivity index (χ3v) is 4.65. The summed E-state index contributed by atoms with van der Waals surface area (Å²) in [5, 5.41) is 6.79. The number of nitrogens with one attached hydrogen (secondary N) is 2. The molecule has 0 bridgehead atoms. The molecule has 0 saturated heterocycles. The summed E-state index contributed by atoms with van der Waals surface area (Å²) in [6.07, 6.45) is 1.06. The molecule has 0 spiro atoms. The molecule has 0 heterocycles. The van der Waals surface area contributed by atoms with Gasteiger partial charge in [-0.25, -0.2) is 0 Å². The standard InChI is InChI=1S/C21H39N5O/c1-6-26(7-2)18-20-11-8-10-19(16-20)17-24-21(22-3)23-12-14-25(4)13-9-15-27-5/h8,10-11,16H,6-7,9,12-15,17-18H2,1-5H3,(H2,22,23,24). The van der Waals surface area contributed by atoms with E-state index in [1.54, 1.807) is 7.11 Å². The van der Waals surface area contributed by atoms with Gasteiger partial charge >= 0.3 is 0 Å². The van der Waals surface area contributed by atoms with Gasteiger partial charge in [-0.15, -0.1) is 0 Å². The fourth-order valence-corrected chi connectivity index (χ4v) is 2.91. The van der Waals surface area contributed by atoms with Crippen LogP contribution in [-0.2, 0) is 17.8 Å². The molecule has 27 heavy (non-hydrogen) atoms. The Labute approximate surface area is 166 Å². The molecule has 0 aromatic heterocycles. The highest BCUT2D eigenvalue weighted by atomic mass is 16.5. The first-order chi connectivity index (χ1) is 13.1. The first-order valence-corrected chi connectivity index (χ1v) is 10.0. The molecule has 0 aliphatic carbocycles. The zero-order chi connectivity index (χ0) is 19.9. The van der Waals surface area contributed by atoms with Crippen molar-refractivity contribution in [2.75, 3.05) is 60.5 Å². The number of nitrogens with zero attached hydrogens (tertiary/aromatic N) is 3. The van der Waals surface area contributed by atoms with Crippen molar-refractivity contribution in [3.63, 3.8) is 0 Å². The lowest BCUT2D eigenvalue weighted by molar-refractivity contribution is 0.180. The minimum Gasteiger partial charge on any atom is -0.385 e. The van der Waals surface area contributed by atoms with Crippen LogP contribution in [0.25, 0.3) is 0 Å². The number of rotatable bonds is 13. The van der Waals surface area contributed by atoms with Crippen LogP contribution in [0.3, 0.4) is 0 Å². The van der Waals surface area contributed by atoms with Crippen molar-refractivity contribution in [1.29, 1.82) is 0 Å². The maximum atomic E-state index is 5.09. The average Bonchev–Trinajstić information content (AvgIpc) is 2.69. The molecule has 2 N–H and O–H groups in total. The third-order valence-electron chi connectivity index (χ3n) is 4.65. The van der Waals surface area contributed by atoms with Crippen molar-refractivity contribution in [3.8, 4) is 0 Å². The third kappa shape index (κ3) is 10.3. The smallest absolute Gasteiger partial charge is 0.191 e. The highest BCUT2D eigenvalue weighted by Crippen LogP contribution is 2.08.